The molecule has 2 aliphatic rings. The molecular formula is C17H23NO3. The summed E-state index contributed by atoms with van der Waals surface area (Å²) in [5.74, 6) is -0.494. The Hall–Kier alpha value is -1.55. The summed E-state index contributed by atoms with van der Waals surface area (Å²) >= 11 is 0. The van der Waals surface area contributed by atoms with Crippen LogP contribution in [0.4, 0.5) is 0 Å². The van der Waals surface area contributed by atoms with E-state index in [1.807, 2.05) is 12.1 Å². The molecule has 0 amide bonds. The molecule has 4 nitrogen and oxygen atoms in total. The number of carboxylic acid groups (broad SMARTS) is 1. The first-order valence-electron chi connectivity index (χ1n) is 7.84. The van der Waals surface area contributed by atoms with Gasteiger partial charge in [-0.1, -0.05) is 12.1 Å². The van der Waals surface area contributed by atoms with Gasteiger partial charge in [0, 0.05) is 18.1 Å². The van der Waals surface area contributed by atoms with Gasteiger partial charge in [-0.3, -0.25) is 9.69 Å². The smallest absolute Gasteiger partial charge is 0.308 e. The lowest BCUT2D eigenvalue weighted by Crippen LogP contribution is -2.39. The number of nitrogens with zero attached hydrogens (tertiary/aromatic N) is 1. The second-order valence-electron chi connectivity index (χ2n) is 6.48. The number of phenolic OH excluding ortho intramolecular Hbond substituents is 1. The fourth-order valence-electron chi connectivity index (χ4n) is 4.17. The molecule has 0 aromatic heterocycles. The summed E-state index contributed by atoms with van der Waals surface area (Å²) in [7, 11) is 0. The maximum Gasteiger partial charge on any atom is 0.308 e. The highest BCUT2D eigenvalue weighted by Gasteiger charge is 2.50. The highest BCUT2D eigenvalue weighted by atomic mass is 16.4. The maximum atomic E-state index is 11.3. The molecule has 4 heteroatoms. The fraction of sp³-hybridized carbons (Fsp3) is 0.588. The number of hydrogen-bond donors (Lipinski definition) is 2. The topological polar surface area (TPSA) is 60.8 Å². The minimum Gasteiger partial charge on any atom is -0.508 e. The van der Waals surface area contributed by atoms with E-state index in [4.69, 9.17) is 0 Å². The van der Waals surface area contributed by atoms with E-state index in [1.165, 1.54) is 5.56 Å². The SMILES string of the molecule is CC(CCc1ccc(O)cc1)N1C2CCC1C(C(=O)O)C2. The molecule has 4 atom stereocenters. The van der Waals surface area contributed by atoms with Crippen LogP contribution in [0.1, 0.15) is 38.2 Å². The summed E-state index contributed by atoms with van der Waals surface area (Å²) in [4.78, 5) is 13.8. The number of rotatable bonds is 5. The number of benzene rings is 1. The first-order valence-corrected chi connectivity index (χ1v) is 7.84. The maximum absolute atomic E-state index is 11.3. The van der Waals surface area contributed by atoms with Crippen LogP contribution in [0.2, 0.25) is 0 Å². The molecule has 2 bridgehead atoms. The summed E-state index contributed by atoms with van der Waals surface area (Å²) in [6.45, 7) is 2.22. The van der Waals surface area contributed by atoms with Gasteiger partial charge < -0.3 is 10.2 Å². The van der Waals surface area contributed by atoms with Crippen molar-refractivity contribution >= 4 is 5.97 Å². The Morgan fingerprint density at radius 1 is 1.33 bits per heavy atom. The third kappa shape index (κ3) is 2.77. The van der Waals surface area contributed by atoms with E-state index in [-0.39, 0.29) is 12.0 Å². The molecule has 2 N–H and O–H groups in total. The Labute approximate surface area is 125 Å². The molecule has 1 aromatic carbocycles. The van der Waals surface area contributed by atoms with Crippen molar-refractivity contribution < 1.29 is 15.0 Å². The number of aryl methyl sites for hydroxylation is 1. The van der Waals surface area contributed by atoms with E-state index < -0.39 is 5.97 Å². The molecule has 2 saturated heterocycles. The molecule has 21 heavy (non-hydrogen) atoms. The van der Waals surface area contributed by atoms with Crippen molar-refractivity contribution in [3.63, 3.8) is 0 Å². The fourth-order valence-corrected chi connectivity index (χ4v) is 4.17. The third-order valence-electron chi connectivity index (χ3n) is 5.20. The van der Waals surface area contributed by atoms with Crippen molar-refractivity contribution in [3.8, 4) is 5.75 Å². The van der Waals surface area contributed by atoms with Gasteiger partial charge in [-0.25, -0.2) is 0 Å². The average molecular weight is 289 g/mol. The number of hydrogen-bond acceptors (Lipinski definition) is 3. The Bertz CT molecular complexity index is 513. The third-order valence-corrected chi connectivity index (χ3v) is 5.20. The molecule has 114 valence electrons. The van der Waals surface area contributed by atoms with E-state index in [0.29, 0.717) is 17.8 Å². The van der Waals surface area contributed by atoms with Crippen molar-refractivity contribution in [2.45, 2.75) is 57.2 Å². The van der Waals surface area contributed by atoms with Gasteiger partial charge in [0.25, 0.3) is 0 Å². The van der Waals surface area contributed by atoms with Gasteiger partial charge in [-0.15, -0.1) is 0 Å². The highest BCUT2D eigenvalue weighted by molar-refractivity contribution is 5.71. The second-order valence-corrected chi connectivity index (χ2v) is 6.48. The average Bonchev–Trinajstić information content (AvgIpc) is 3.04. The van der Waals surface area contributed by atoms with E-state index >= 15 is 0 Å². The Balaban J connectivity index is 1.60. The molecular weight excluding hydrogens is 266 g/mol. The molecule has 2 aliphatic heterocycles. The Morgan fingerprint density at radius 2 is 2.05 bits per heavy atom. The van der Waals surface area contributed by atoms with Crippen LogP contribution in [0, 0.1) is 5.92 Å². The standard InChI is InChI=1S/C17H23NO3/c1-11(2-3-12-4-7-14(19)8-5-12)18-13-6-9-16(18)15(10-13)17(20)21/h4-5,7-8,11,13,15-16,19H,2-3,6,9-10H2,1H3,(H,20,21). The number of carbonyl (C=O) groups is 1. The van der Waals surface area contributed by atoms with Gasteiger partial charge in [-0.05, 0) is 56.7 Å². The number of carboxylic acids is 1. The first-order chi connectivity index (χ1) is 10.1. The lowest BCUT2D eigenvalue weighted by atomic mass is 9.89. The Morgan fingerprint density at radius 3 is 2.67 bits per heavy atom. The molecule has 3 rings (SSSR count). The molecule has 2 fully saturated rings. The van der Waals surface area contributed by atoms with Gasteiger partial charge in [0.05, 0.1) is 5.92 Å². The number of aliphatic carboxylic acids is 1. The van der Waals surface area contributed by atoms with Gasteiger partial charge in [0.2, 0.25) is 0 Å². The lowest BCUT2D eigenvalue weighted by Gasteiger charge is -2.29. The van der Waals surface area contributed by atoms with E-state index in [2.05, 4.69) is 11.8 Å². The van der Waals surface area contributed by atoms with Crippen molar-refractivity contribution in [1.29, 1.82) is 0 Å². The highest BCUT2D eigenvalue weighted by Crippen LogP contribution is 2.43. The Kier molecular flexibility index (Phi) is 3.89. The largest absolute Gasteiger partial charge is 0.508 e. The monoisotopic (exact) mass is 289 g/mol. The zero-order valence-electron chi connectivity index (χ0n) is 12.4. The molecule has 2 heterocycles. The van der Waals surface area contributed by atoms with Crippen LogP contribution in [0.25, 0.3) is 0 Å². The second kappa shape index (κ2) is 5.68. The quantitative estimate of drug-likeness (QED) is 0.875. The van der Waals surface area contributed by atoms with Gasteiger partial charge in [0.15, 0.2) is 0 Å². The van der Waals surface area contributed by atoms with Gasteiger partial charge in [0.1, 0.15) is 5.75 Å². The normalized spacial score (nSPS) is 29.7. The minimum atomic E-state index is -0.627. The van der Waals surface area contributed by atoms with E-state index in [1.54, 1.807) is 12.1 Å². The minimum absolute atomic E-state index is 0.167. The lowest BCUT2D eigenvalue weighted by molar-refractivity contribution is -0.142. The van der Waals surface area contributed by atoms with Crippen molar-refractivity contribution in [2.24, 2.45) is 5.92 Å². The molecule has 0 saturated carbocycles. The number of fused-ring (bicyclic) bond motifs is 2. The predicted molar refractivity (Wildman–Crippen MR) is 80.3 cm³/mol. The van der Waals surface area contributed by atoms with Crippen LogP contribution < -0.4 is 0 Å². The zero-order chi connectivity index (χ0) is 15.0. The van der Waals surface area contributed by atoms with Crippen LogP contribution in [0.3, 0.4) is 0 Å². The van der Waals surface area contributed by atoms with Gasteiger partial charge >= 0.3 is 5.97 Å². The molecule has 0 aliphatic carbocycles. The summed E-state index contributed by atoms with van der Waals surface area (Å²) in [6.07, 6.45) is 5.01. The molecule has 0 radical (unpaired) electrons. The number of aromatic hydroxyl groups is 1. The molecule has 4 unspecified atom stereocenters. The molecule has 1 aromatic rings. The van der Waals surface area contributed by atoms with Crippen LogP contribution in [-0.4, -0.2) is 39.2 Å². The molecule has 0 spiro atoms. The summed E-state index contributed by atoms with van der Waals surface area (Å²) in [5.41, 5.74) is 1.22. The van der Waals surface area contributed by atoms with Gasteiger partial charge in [-0.2, -0.15) is 0 Å². The van der Waals surface area contributed by atoms with Crippen LogP contribution in [-0.2, 0) is 11.2 Å². The number of phenols is 1. The van der Waals surface area contributed by atoms with Crippen LogP contribution >= 0.6 is 0 Å². The van der Waals surface area contributed by atoms with E-state index in [9.17, 15) is 15.0 Å². The zero-order valence-corrected chi connectivity index (χ0v) is 12.4. The van der Waals surface area contributed by atoms with Crippen LogP contribution in [0.15, 0.2) is 24.3 Å². The van der Waals surface area contributed by atoms with Crippen LogP contribution in [0.5, 0.6) is 5.75 Å². The summed E-state index contributed by atoms with van der Waals surface area (Å²) in [6, 6.07) is 8.48. The predicted octanol–water partition coefficient (Wildman–Crippen LogP) is 2.65. The van der Waals surface area contributed by atoms with Crippen molar-refractivity contribution in [3.05, 3.63) is 29.8 Å². The van der Waals surface area contributed by atoms with Crippen molar-refractivity contribution in [2.75, 3.05) is 0 Å². The summed E-state index contributed by atoms with van der Waals surface area (Å²) < 4.78 is 0. The van der Waals surface area contributed by atoms with Crippen molar-refractivity contribution in [1.82, 2.24) is 4.90 Å². The van der Waals surface area contributed by atoms with E-state index in [0.717, 1.165) is 32.1 Å². The summed E-state index contributed by atoms with van der Waals surface area (Å²) in [5, 5.41) is 18.6. The first kappa shape index (κ1) is 14.4.